The van der Waals surface area contributed by atoms with Crippen molar-refractivity contribution in [2.24, 2.45) is 5.73 Å². The molecule has 1 aromatic heterocycles. The first kappa shape index (κ1) is 13.5. The van der Waals surface area contributed by atoms with E-state index in [1.165, 1.54) is 0 Å². The lowest BCUT2D eigenvalue weighted by Gasteiger charge is -2.11. The van der Waals surface area contributed by atoms with Crippen LogP contribution in [0.4, 0.5) is 11.9 Å². The van der Waals surface area contributed by atoms with Crippen molar-refractivity contribution in [2.45, 2.75) is 0 Å². The van der Waals surface area contributed by atoms with Crippen LogP contribution in [0.25, 0.3) is 0 Å². The van der Waals surface area contributed by atoms with Crippen molar-refractivity contribution < 1.29 is 9.53 Å². The number of nitrogens with two attached hydrogens (primary N) is 2. The summed E-state index contributed by atoms with van der Waals surface area (Å²) in [7, 11) is 3.56. The number of ether oxygens (including phenoxy) is 1. The van der Waals surface area contributed by atoms with Gasteiger partial charge in [-0.1, -0.05) is 0 Å². The summed E-state index contributed by atoms with van der Waals surface area (Å²) in [6.45, 7) is 0. The van der Waals surface area contributed by atoms with E-state index in [0.717, 1.165) is 0 Å². The average Bonchev–Trinajstić information content (AvgIpc) is 2.38. The van der Waals surface area contributed by atoms with Crippen molar-refractivity contribution in [1.29, 1.82) is 0 Å². The number of nitrogen functional groups attached to an aromatic ring is 1. The average molecular weight is 274 g/mol. The fourth-order valence-corrected chi connectivity index (χ4v) is 1.40. The molecule has 2 aromatic rings. The van der Waals surface area contributed by atoms with Gasteiger partial charge in [0.1, 0.15) is 5.75 Å². The molecule has 8 heteroatoms. The molecule has 0 bridgehead atoms. The molecule has 2 rings (SSSR count). The molecule has 4 N–H and O–H groups in total. The molecule has 0 atom stereocenters. The van der Waals surface area contributed by atoms with Gasteiger partial charge in [0.05, 0.1) is 0 Å². The Kier molecular flexibility index (Phi) is 3.65. The minimum absolute atomic E-state index is 0.0625. The van der Waals surface area contributed by atoms with Crippen molar-refractivity contribution in [2.75, 3.05) is 24.7 Å². The van der Waals surface area contributed by atoms with Crippen LogP contribution < -0.4 is 21.1 Å². The van der Waals surface area contributed by atoms with Gasteiger partial charge in [-0.05, 0) is 24.3 Å². The van der Waals surface area contributed by atoms with Crippen LogP contribution in [0.2, 0.25) is 0 Å². The van der Waals surface area contributed by atoms with Crippen molar-refractivity contribution >= 4 is 17.8 Å². The maximum absolute atomic E-state index is 11.0. The smallest absolute Gasteiger partial charge is 0.328 e. The quantitative estimate of drug-likeness (QED) is 0.828. The van der Waals surface area contributed by atoms with Gasteiger partial charge >= 0.3 is 6.01 Å². The summed E-state index contributed by atoms with van der Waals surface area (Å²) in [5.41, 5.74) is 11.1. The van der Waals surface area contributed by atoms with Crippen LogP contribution in [-0.2, 0) is 0 Å². The minimum atomic E-state index is -0.504. The second-order valence-corrected chi connectivity index (χ2v) is 4.16. The Morgan fingerprint density at radius 3 is 2.35 bits per heavy atom. The van der Waals surface area contributed by atoms with E-state index in [4.69, 9.17) is 16.2 Å². The minimum Gasteiger partial charge on any atom is -0.424 e. The number of aromatic nitrogens is 3. The van der Waals surface area contributed by atoms with E-state index in [0.29, 0.717) is 17.3 Å². The lowest BCUT2D eigenvalue weighted by atomic mass is 10.2. The van der Waals surface area contributed by atoms with E-state index in [1.54, 1.807) is 43.3 Å². The molecule has 1 amide bonds. The number of primary amides is 1. The van der Waals surface area contributed by atoms with Crippen molar-refractivity contribution in [3.63, 3.8) is 0 Å². The highest BCUT2D eigenvalue weighted by molar-refractivity contribution is 5.92. The first-order chi connectivity index (χ1) is 9.45. The Balaban J connectivity index is 2.23. The molecule has 0 unspecified atom stereocenters. The largest absolute Gasteiger partial charge is 0.424 e. The second kappa shape index (κ2) is 5.39. The van der Waals surface area contributed by atoms with Crippen molar-refractivity contribution in [3.8, 4) is 11.8 Å². The summed E-state index contributed by atoms with van der Waals surface area (Å²) in [5, 5.41) is 0. The van der Waals surface area contributed by atoms with Gasteiger partial charge in [-0.3, -0.25) is 4.79 Å². The molecule has 1 aromatic carbocycles. The molecule has 8 nitrogen and oxygen atoms in total. The summed E-state index contributed by atoms with van der Waals surface area (Å²) >= 11 is 0. The molecule has 0 aliphatic heterocycles. The van der Waals surface area contributed by atoms with Crippen molar-refractivity contribution in [1.82, 2.24) is 15.0 Å². The first-order valence-corrected chi connectivity index (χ1v) is 5.72. The monoisotopic (exact) mass is 274 g/mol. The third kappa shape index (κ3) is 3.10. The summed E-state index contributed by atoms with van der Waals surface area (Å²) in [6.07, 6.45) is 0. The molecule has 0 radical (unpaired) electrons. The first-order valence-electron chi connectivity index (χ1n) is 5.72. The molecule has 0 spiro atoms. The fraction of sp³-hybridized carbons (Fsp3) is 0.167. The predicted molar refractivity (Wildman–Crippen MR) is 73.6 cm³/mol. The molecule has 0 saturated carbocycles. The zero-order chi connectivity index (χ0) is 14.7. The Morgan fingerprint density at radius 1 is 1.15 bits per heavy atom. The molecule has 0 fully saturated rings. The van der Waals surface area contributed by atoms with Gasteiger partial charge in [0.15, 0.2) is 0 Å². The summed E-state index contributed by atoms with van der Waals surface area (Å²) in [6, 6.07) is 6.36. The predicted octanol–water partition coefficient (Wildman–Crippen LogP) is 0.411. The summed E-state index contributed by atoms with van der Waals surface area (Å²) < 4.78 is 5.46. The van der Waals surface area contributed by atoms with E-state index in [2.05, 4.69) is 15.0 Å². The second-order valence-electron chi connectivity index (χ2n) is 4.16. The van der Waals surface area contributed by atoms with Gasteiger partial charge in [-0.15, -0.1) is 0 Å². The standard InChI is InChI=1S/C12H14N6O2/c1-18(2)11-15-10(14)16-12(17-11)20-8-5-3-7(4-6-8)9(13)19/h3-6H,1-2H3,(H2,13,19)(H2,14,15,16,17). The maximum atomic E-state index is 11.0. The number of amides is 1. The highest BCUT2D eigenvalue weighted by Gasteiger charge is 2.08. The van der Waals surface area contributed by atoms with Gasteiger partial charge in [0.2, 0.25) is 17.8 Å². The van der Waals surface area contributed by atoms with E-state index in [1.807, 2.05) is 0 Å². The summed E-state index contributed by atoms with van der Waals surface area (Å²) in [4.78, 5) is 24.6. The number of benzene rings is 1. The third-order valence-electron chi connectivity index (χ3n) is 2.37. The zero-order valence-corrected chi connectivity index (χ0v) is 11.1. The number of nitrogens with zero attached hydrogens (tertiary/aromatic N) is 4. The number of rotatable bonds is 4. The van der Waals surface area contributed by atoms with Crippen LogP contribution in [0, 0.1) is 0 Å². The molecule has 1 heterocycles. The molecule has 104 valence electrons. The van der Waals surface area contributed by atoms with E-state index >= 15 is 0 Å². The highest BCUT2D eigenvalue weighted by Crippen LogP contribution is 2.20. The molecule has 20 heavy (non-hydrogen) atoms. The molecule has 0 aliphatic rings. The van der Waals surface area contributed by atoms with Gasteiger partial charge in [0, 0.05) is 19.7 Å². The van der Waals surface area contributed by atoms with Crippen LogP contribution in [0.3, 0.4) is 0 Å². The molecule has 0 aliphatic carbocycles. The van der Waals surface area contributed by atoms with Gasteiger partial charge in [0.25, 0.3) is 0 Å². The van der Waals surface area contributed by atoms with Crippen LogP contribution in [0.15, 0.2) is 24.3 Å². The third-order valence-corrected chi connectivity index (χ3v) is 2.37. The van der Waals surface area contributed by atoms with Crippen LogP contribution in [0.1, 0.15) is 10.4 Å². The fourth-order valence-electron chi connectivity index (χ4n) is 1.40. The Hall–Kier alpha value is -2.90. The highest BCUT2D eigenvalue weighted by atomic mass is 16.5. The normalized spacial score (nSPS) is 10.1. The van der Waals surface area contributed by atoms with E-state index in [9.17, 15) is 4.79 Å². The molecular weight excluding hydrogens is 260 g/mol. The van der Waals surface area contributed by atoms with Crippen LogP contribution in [0.5, 0.6) is 11.8 Å². The van der Waals surface area contributed by atoms with Crippen LogP contribution in [-0.4, -0.2) is 35.0 Å². The number of hydrogen-bond donors (Lipinski definition) is 2. The number of carbonyl (C=O) groups is 1. The lowest BCUT2D eigenvalue weighted by molar-refractivity contribution is 0.100. The van der Waals surface area contributed by atoms with E-state index < -0.39 is 5.91 Å². The number of hydrogen-bond acceptors (Lipinski definition) is 7. The Labute approximate surface area is 115 Å². The lowest BCUT2D eigenvalue weighted by Crippen LogP contribution is -2.15. The molecular formula is C12H14N6O2. The van der Waals surface area contributed by atoms with Crippen molar-refractivity contribution in [3.05, 3.63) is 29.8 Å². The van der Waals surface area contributed by atoms with Crippen LogP contribution >= 0.6 is 0 Å². The number of carbonyl (C=O) groups excluding carboxylic acids is 1. The molecule has 0 saturated heterocycles. The van der Waals surface area contributed by atoms with E-state index in [-0.39, 0.29) is 12.0 Å². The van der Waals surface area contributed by atoms with Gasteiger partial charge < -0.3 is 21.1 Å². The van der Waals surface area contributed by atoms with Gasteiger partial charge in [-0.2, -0.15) is 15.0 Å². The topological polar surface area (TPSA) is 120 Å². The SMILES string of the molecule is CN(C)c1nc(N)nc(Oc2ccc(C(N)=O)cc2)n1. The Bertz CT molecular complexity index is 626. The van der Waals surface area contributed by atoms with Gasteiger partial charge in [-0.25, -0.2) is 0 Å². The Morgan fingerprint density at radius 2 is 1.80 bits per heavy atom. The zero-order valence-electron chi connectivity index (χ0n) is 11.1. The summed E-state index contributed by atoms with van der Waals surface area (Å²) in [5.74, 6) is 0.412. The number of anilines is 2. The maximum Gasteiger partial charge on any atom is 0.328 e.